The van der Waals surface area contributed by atoms with Crippen LogP contribution in [0.5, 0.6) is 0 Å². The van der Waals surface area contributed by atoms with Gasteiger partial charge in [0.1, 0.15) is 0 Å². The van der Waals surface area contributed by atoms with E-state index in [2.05, 4.69) is 12.0 Å². The summed E-state index contributed by atoms with van der Waals surface area (Å²) in [6.45, 7) is 8.03. The van der Waals surface area contributed by atoms with E-state index in [1.165, 1.54) is 0 Å². The summed E-state index contributed by atoms with van der Waals surface area (Å²) in [6, 6.07) is 0. The Hall–Kier alpha value is -0.830. The molecule has 3 nitrogen and oxygen atoms in total. The first kappa shape index (κ1) is 10.2. The highest BCUT2D eigenvalue weighted by atomic mass is 16.2. The molecule has 0 unspecified atom stereocenters. The lowest BCUT2D eigenvalue weighted by Gasteiger charge is -2.20. The molecule has 11 heavy (non-hydrogen) atoms. The van der Waals surface area contributed by atoms with Gasteiger partial charge in [0, 0.05) is 19.2 Å². The van der Waals surface area contributed by atoms with E-state index in [0.717, 1.165) is 13.0 Å². The molecule has 0 saturated heterocycles. The summed E-state index contributed by atoms with van der Waals surface area (Å²) in [5.74, 6) is -0.0330. The van der Waals surface area contributed by atoms with E-state index < -0.39 is 0 Å². The summed E-state index contributed by atoms with van der Waals surface area (Å²) in [5, 5.41) is 1.56. The molecule has 0 heterocycles. The molecule has 1 N–H and O–H groups in total. The van der Waals surface area contributed by atoms with Gasteiger partial charge in [-0.2, -0.15) is 0 Å². The zero-order valence-electron chi connectivity index (χ0n) is 7.48. The van der Waals surface area contributed by atoms with Crippen molar-refractivity contribution in [3.63, 3.8) is 0 Å². The van der Waals surface area contributed by atoms with Gasteiger partial charge in [-0.25, -0.2) is 5.43 Å². The van der Waals surface area contributed by atoms with Gasteiger partial charge in [-0.1, -0.05) is 13.5 Å². The van der Waals surface area contributed by atoms with Gasteiger partial charge < -0.3 is 0 Å². The van der Waals surface area contributed by atoms with Crippen LogP contribution in [0.1, 0.15) is 20.3 Å². The highest BCUT2D eigenvalue weighted by molar-refractivity contribution is 5.91. The molecule has 0 rings (SSSR count). The highest BCUT2D eigenvalue weighted by Crippen LogP contribution is 1.95. The molecule has 0 aliphatic carbocycles. The Morgan fingerprint density at radius 1 is 1.64 bits per heavy atom. The summed E-state index contributed by atoms with van der Waals surface area (Å²) in [5.41, 5.74) is 3.37. The van der Waals surface area contributed by atoms with E-state index in [9.17, 15) is 4.79 Å². The van der Waals surface area contributed by atoms with Crippen LogP contribution in [-0.2, 0) is 4.79 Å². The quantitative estimate of drug-likeness (QED) is 0.485. The van der Waals surface area contributed by atoms with Crippen molar-refractivity contribution in [3.05, 3.63) is 12.2 Å². The number of rotatable bonds is 4. The Balaban J connectivity index is 4.02. The lowest BCUT2D eigenvalue weighted by Crippen LogP contribution is -2.41. The van der Waals surface area contributed by atoms with E-state index in [4.69, 9.17) is 0 Å². The second-order valence-corrected chi connectivity index (χ2v) is 2.46. The van der Waals surface area contributed by atoms with E-state index in [-0.39, 0.29) is 5.91 Å². The molecule has 0 aromatic heterocycles. The molecule has 0 fully saturated rings. The Kier molecular flexibility index (Phi) is 4.54. The Bertz CT molecular complexity index is 154. The predicted octanol–water partition coefficient (Wildman–Crippen LogP) is 0.935. The maximum atomic E-state index is 11.2. The summed E-state index contributed by atoms with van der Waals surface area (Å²) in [6.07, 6.45) is 0.944. The molecule has 0 bridgehead atoms. The van der Waals surface area contributed by atoms with Crippen LogP contribution >= 0.6 is 0 Å². The summed E-state index contributed by atoms with van der Waals surface area (Å²) in [4.78, 5) is 11.2. The van der Waals surface area contributed by atoms with Gasteiger partial charge in [0.15, 0.2) is 0 Å². The number of hydrogen-bond acceptors (Lipinski definition) is 2. The van der Waals surface area contributed by atoms with Crippen molar-refractivity contribution in [2.45, 2.75) is 20.3 Å². The Morgan fingerprint density at radius 3 is 2.45 bits per heavy atom. The molecule has 0 aliphatic heterocycles. The minimum atomic E-state index is -0.0330. The van der Waals surface area contributed by atoms with Crippen LogP contribution in [0.3, 0.4) is 0 Å². The van der Waals surface area contributed by atoms with Crippen molar-refractivity contribution in [3.8, 4) is 0 Å². The summed E-state index contributed by atoms with van der Waals surface area (Å²) >= 11 is 0. The van der Waals surface area contributed by atoms with Crippen LogP contribution in [0.25, 0.3) is 0 Å². The SMILES string of the molecule is C=C(C)C(=O)N(CCC)NC. The molecule has 0 spiro atoms. The average Bonchev–Trinajstić information content (AvgIpc) is 1.98. The largest absolute Gasteiger partial charge is 0.275 e. The van der Waals surface area contributed by atoms with Crippen molar-refractivity contribution in [1.29, 1.82) is 0 Å². The number of amides is 1. The maximum absolute atomic E-state index is 11.2. The second kappa shape index (κ2) is 4.91. The van der Waals surface area contributed by atoms with Crippen molar-refractivity contribution in [2.75, 3.05) is 13.6 Å². The van der Waals surface area contributed by atoms with Crippen molar-refractivity contribution < 1.29 is 4.79 Å². The van der Waals surface area contributed by atoms with Crippen molar-refractivity contribution in [1.82, 2.24) is 10.4 Å². The first-order valence-corrected chi connectivity index (χ1v) is 3.78. The zero-order valence-corrected chi connectivity index (χ0v) is 7.48. The minimum Gasteiger partial charge on any atom is -0.275 e. The molecule has 0 radical (unpaired) electrons. The van der Waals surface area contributed by atoms with Gasteiger partial charge in [0.05, 0.1) is 0 Å². The highest BCUT2D eigenvalue weighted by Gasteiger charge is 2.09. The lowest BCUT2D eigenvalue weighted by atomic mass is 10.3. The third kappa shape index (κ3) is 3.18. The van der Waals surface area contributed by atoms with E-state index in [1.54, 1.807) is 19.0 Å². The van der Waals surface area contributed by atoms with E-state index in [0.29, 0.717) is 5.57 Å². The first-order valence-electron chi connectivity index (χ1n) is 3.78. The first-order chi connectivity index (χ1) is 5.13. The Morgan fingerprint density at radius 2 is 2.18 bits per heavy atom. The van der Waals surface area contributed by atoms with Crippen LogP contribution in [0.2, 0.25) is 0 Å². The lowest BCUT2D eigenvalue weighted by molar-refractivity contribution is -0.129. The normalized spacial score (nSPS) is 9.36. The molecule has 0 aromatic carbocycles. The Labute approximate surface area is 68.0 Å². The van der Waals surface area contributed by atoms with E-state index in [1.807, 2.05) is 6.92 Å². The van der Waals surface area contributed by atoms with Crippen molar-refractivity contribution >= 4 is 5.91 Å². The number of nitrogens with one attached hydrogen (secondary N) is 1. The van der Waals surface area contributed by atoms with Crippen LogP contribution in [0.15, 0.2) is 12.2 Å². The van der Waals surface area contributed by atoms with Gasteiger partial charge in [0.25, 0.3) is 5.91 Å². The molecule has 0 aromatic rings. The number of nitrogens with zero attached hydrogens (tertiary/aromatic N) is 1. The third-order valence-electron chi connectivity index (χ3n) is 1.33. The molecule has 0 aliphatic rings. The predicted molar refractivity (Wildman–Crippen MR) is 45.9 cm³/mol. The van der Waals surface area contributed by atoms with Crippen LogP contribution < -0.4 is 5.43 Å². The number of hydrazine groups is 1. The zero-order chi connectivity index (χ0) is 8.85. The monoisotopic (exact) mass is 156 g/mol. The molecule has 0 atom stereocenters. The van der Waals surface area contributed by atoms with Crippen LogP contribution in [-0.4, -0.2) is 24.5 Å². The van der Waals surface area contributed by atoms with Gasteiger partial charge in [-0.05, 0) is 13.3 Å². The molecular formula is C8H16N2O. The summed E-state index contributed by atoms with van der Waals surface area (Å²) in [7, 11) is 1.73. The number of carbonyl (C=O) groups is 1. The maximum Gasteiger partial charge on any atom is 0.262 e. The van der Waals surface area contributed by atoms with Gasteiger partial charge >= 0.3 is 0 Å². The number of hydrogen-bond donors (Lipinski definition) is 1. The fourth-order valence-electron chi connectivity index (χ4n) is 0.769. The molecular weight excluding hydrogens is 140 g/mol. The average molecular weight is 156 g/mol. The van der Waals surface area contributed by atoms with Crippen LogP contribution in [0.4, 0.5) is 0 Å². The van der Waals surface area contributed by atoms with Gasteiger partial charge in [-0.15, -0.1) is 0 Å². The smallest absolute Gasteiger partial charge is 0.262 e. The molecule has 64 valence electrons. The molecule has 3 heteroatoms. The van der Waals surface area contributed by atoms with Crippen LogP contribution in [0, 0.1) is 0 Å². The fourth-order valence-corrected chi connectivity index (χ4v) is 0.769. The van der Waals surface area contributed by atoms with Gasteiger partial charge in [-0.3, -0.25) is 9.80 Å². The minimum absolute atomic E-state index is 0.0330. The van der Waals surface area contributed by atoms with Crippen molar-refractivity contribution in [2.24, 2.45) is 0 Å². The third-order valence-corrected chi connectivity index (χ3v) is 1.33. The second-order valence-electron chi connectivity index (χ2n) is 2.46. The van der Waals surface area contributed by atoms with Gasteiger partial charge in [0.2, 0.25) is 0 Å². The number of carbonyl (C=O) groups excluding carboxylic acids is 1. The van der Waals surface area contributed by atoms with E-state index >= 15 is 0 Å². The topological polar surface area (TPSA) is 32.3 Å². The standard InChI is InChI=1S/C8H16N2O/c1-5-6-10(9-4)8(11)7(2)3/h9H,2,5-6H2,1,3-4H3. The molecule has 1 amide bonds. The molecule has 0 saturated carbocycles. The summed E-state index contributed by atoms with van der Waals surface area (Å²) < 4.78 is 0. The fraction of sp³-hybridized carbons (Fsp3) is 0.625.